The van der Waals surface area contributed by atoms with E-state index in [4.69, 9.17) is 4.99 Å². The molecule has 0 bridgehead atoms. The minimum Gasteiger partial charge on any atom is -0.359 e. The third-order valence-electron chi connectivity index (χ3n) is 5.16. The van der Waals surface area contributed by atoms with Gasteiger partial charge >= 0.3 is 0 Å². The first-order valence-electron chi connectivity index (χ1n) is 9.28. The number of aliphatic imine (C=N–C) groups is 1. The molecule has 3 heteroatoms. The quantitative estimate of drug-likeness (QED) is 0.544. The predicted octanol–water partition coefficient (Wildman–Crippen LogP) is 4.06. The summed E-state index contributed by atoms with van der Waals surface area (Å²) in [7, 11) is 2.11. The van der Waals surface area contributed by atoms with Gasteiger partial charge in [-0.2, -0.15) is 0 Å². The lowest BCUT2D eigenvalue weighted by Gasteiger charge is -2.27. The van der Waals surface area contributed by atoms with E-state index in [0.717, 1.165) is 22.5 Å². The Hall–Kier alpha value is -3.33. The van der Waals surface area contributed by atoms with Gasteiger partial charge in [-0.05, 0) is 10.9 Å². The van der Waals surface area contributed by atoms with E-state index in [9.17, 15) is 0 Å². The van der Waals surface area contributed by atoms with E-state index in [0.29, 0.717) is 0 Å². The van der Waals surface area contributed by atoms with Gasteiger partial charge in [-0.25, -0.2) is 0 Å². The van der Waals surface area contributed by atoms with Crippen molar-refractivity contribution in [1.82, 2.24) is 0 Å². The van der Waals surface area contributed by atoms with Gasteiger partial charge in [-0.1, -0.05) is 96.5 Å². The Kier molecular flexibility index (Phi) is 3.79. The van der Waals surface area contributed by atoms with E-state index in [2.05, 4.69) is 98.1 Å². The number of hydrogen-bond acceptors (Lipinski definition) is 2. The van der Waals surface area contributed by atoms with Crippen LogP contribution in [0.4, 0.5) is 5.69 Å². The summed E-state index contributed by atoms with van der Waals surface area (Å²) < 4.78 is 0. The molecule has 0 spiro atoms. The van der Waals surface area contributed by atoms with Gasteiger partial charge in [0.05, 0.1) is 11.4 Å². The molecule has 0 aromatic heterocycles. The standard InChI is InChI=1S/C24H19BN2/c25-19-13-10-18(11-14-19)24-26-22(17-7-2-1-3-8-17)21-15-12-16-6-4-5-9-20(16)23(21)27-24/h1-15,24,27H,25H2. The van der Waals surface area contributed by atoms with E-state index >= 15 is 0 Å². The van der Waals surface area contributed by atoms with Crippen LogP contribution < -0.4 is 10.8 Å². The lowest BCUT2D eigenvalue weighted by molar-refractivity contribution is 0.831. The molecular weight excluding hydrogens is 327 g/mol. The number of nitrogens with zero attached hydrogens (tertiary/aromatic N) is 1. The molecular formula is C24H19BN2. The highest BCUT2D eigenvalue weighted by Crippen LogP contribution is 2.36. The third kappa shape index (κ3) is 2.82. The van der Waals surface area contributed by atoms with Crippen LogP contribution >= 0.6 is 0 Å². The molecule has 27 heavy (non-hydrogen) atoms. The normalized spacial score (nSPS) is 15.7. The first kappa shape index (κ1) is 15.9. The molecule has 1 aliphatic rings. The number of anilines is 1. The average Bonchev–Trinajstić information content (AvgIpc) is 2.74. The highest BCUT2D eigenvalue weighted by Gasteiger charge is 2.24. The summed E-state index contributed by atoms with van der Waals surface area (Å²) in [6.07, 6.45) is -0.0980. The highest BCUT2D eigenvalue weighted by molar-refractivity contribution is 6.32. The van der Waals surface area contributed by atoms with Crippen LogP contribution in [0, 0.1) is 0 Å². The summed E-state index contributed by atoms with van der Waals surface area (Å²) in [5, 5.41) is 6.16. The zero-order chi connectivity index (χ0) is 18.2. The van der Waals surface area contributed by atoms with Gasteiger partial charge in [0.2, 0.25) is 0 Å². The molecule has 1 unspecified atom stereocenters. The molecule has 0 saturated heterocycles. The molecule has 128 valence electrons. The van der Waals surface area contributed by atoms with Gasteiger partial charge in [0.1, 0.15) is 14.0 Å². The molecule has 4 aromatic rings. The number of hydrogen-bond donors (Lipinski definition) is 1. The Labute approximate surface area is 160 Å². The molecule has 1 N–H and O–H groups in total. The summed E-state index contributed by atoms with van der Waals surface area (Å²) in [5.41, 5.74) is 6.93. The molecule has 4 aromatic carbocycles. The van der Waals surface area contributed by atoms with Crippen LogP contribution in [0.2, 0.25) is 0 Å². The molecule has 1 heterocycles. The average molecular weight is 346 g/mol. The van der Waals surface area contributed by atoms with Crippen molar-refractivity contribution >= 4 is 35.5 Å². The summed E-state index contributed by atoms with van der Waals surface area (Å²) in [4.78, 5) is 5.11. The number of rotatable bonds is 2. The van der Waals surface area contributed by atoms with Crippen LogP contribution in [0.1, 0.15) is 22.9 Å². The second kappa shape index (κ2) is 6.44. The van der Waals surface area contributed by atoms with E-state index in [1.807, 2.05) is 6.07 Å². The Balaban J connectivity index is 1.74. The van der Waals surface area contributed by atoms with Crippen molar-refractivity contribution < 1.29 is 0 Å². The lowest BCUT2D eigenvalue weighted by atomic mass is 9.92. The monoisotopic (exact) mass is 346 g/mol. The molecule has 0 amide bonds. The Morgan fingerprint density at radius 1 is 0.741 bits per heavy atom. The maximum atomic E-state index is 5.11. The topological polar surface area (TPSA) is 24.4 Å². The van der Waals surface area contributed by atoms with Gasteiger partial charge in [0.15, 0.2) is 0 Å². The molecule has 0 saturated carbocycles. The summed E-state index contributed by atoms with van der Waals surface area (Å²) in [6, 6.07) is 32.0. The predicted molar refractivity (Wildman–Crippen MR) is 117 cm³/mol. The fourth-order valence-electron chi connectivity index (χ4n) is 3.72. The number of benzene rings is 4. The van der Waals surface area contributed by atoms with Crippen molar-refractivity contribution in [3.05, 3.63) is 108 Å². The Morgan fingerprint density at radius 3 is 2.30 bits per heavy atom. The molecule has 1 aliphatic heterocycles. The Bertz CT molecular complexity index is 1150. The SMILES string of the molecule is Bc1ccc(C2N=C(c3ccccc3)c3ccc4ccccc4c3N2)cc1. The maximum absolute atomic E-state index is 5.11. The molecule has 0 aliphatic carbocycles. The minimum atomic E-state index is -0.0980. The van der Waals surface area contributed by atoms with E-state index in [1.54, 1.807) is 0 Å². The van der Waals surface area contributed by atoms with E-state index < -0.39 is 0 Å². The second-order valence-electron chi connectivity index (χ2n) is 7.01. The van der Waals surface area contributed by atoms with Crippen molar-refractivity contribution in [3.8, 4) is 0 Å². The van der Waals surface area contributed by atoms with Crippen molar-refractivity contribution in [1.29, 1.82) is 0 Å². The molecule has 0 radical (unpaired) electrons. The van der Waals surface area contributed by atoms with Gasteiger partial charge in [0, 0.05) is 16.5 Å². The smallest absolute Gasteiger partial charge is 0.145 e. The van der Waals surface area contributed by atoms with Crippen molar-refractivity contribution in [2.24, 2.45) is 4.99 Å². The van der Waals surface area contributed by atoms with Crippen LogP contribution in [0.5, 0.6) is 0 Å². The van der Waals surface area contributed by atoms with Crippen molar-refractivity contribution in [3.63, 3.8) is 0 Å². The molecule has 2 nitrogen and oxygen atoms in total. The van der Waals surface area contributed by atoms with Crippen LogP contribution in [-0.4, -0.2) is 13.6 Å². The third-order valence-corrected chi connectivity index (χ3v) is 5.16. The zero-order valence-electron chi connectivity index (χ0n) is 15.2. The molecule has 0 fully saturated rings. The van der Waals surface area contributed by atoms with Crippen molar-refractivity contribution in [2.75, 3.05) is 5.32 Å². The van der Waals surface area contributed by atoms with Crippen LogP contribution in [0.15, 0.2) is 96.0 Å². The zero-order valence-corrected chi connectivity index (χ0v) is 15.2. The second-order valence-corrected chi connectivity index (χ2v) is 7.01. The van der Waals surface area contributed by atoms with Crippen molar-refractivity contribution in [2.45, 2.75) is 6.17 Å². The summed E-state index contributed by atoms with van der Waals surface area (Å²) in [6.45, 7) is 0. The van der Waals surface area contributed by atoms with Crippen LogP contribution in [0.3, 0.4) is 0 Å². The Morgan fingerprint density at radius 2 is 1.48 bits per heavy atom. The lowest BCUT2D eigenvalue weighted by Crippen LogP contribution is -2.21. The van der Waals surface area contributed by atoms with Gasteiger partial charge < -0.3 is 5.32 Å². The van der Waals surface area contributed by atoms with Crippen LogP contribution in [0.25, 0.3) is 10.8 Å². The van der Waals surface area contributed by atoms with Gasteiger partial charge in [0.25, 0.3) is 0 Å². The minimum absolute atomic E-state index is 0.0980. The first-order valence-corrected chi connectivity index (χ1v) is 9.28. The number of nitrogens with one attached hydrogen (secondary N) is 1. The van der Waals surface area contributed by atoms with Gasteiger partial charge in [-0.3, -0.25) is 4.99 Å². The molecule has 1 atom stereocenters. The largest absolute Gasteiger partial charge is 0.359 e. The first-order chi connectivity index (χ1) is 13.3. The van der Waals surface area contributed by atoms with Gasteiger partial charge in [-0.15, -0.1) is 0 Å². The fourth-order valence-corrected chi connectivity index (χ4v) is 3.72. The molecule has 5 rings (SSSR count). The fraction of sp³-hybridized carbons (Fsp3) is 0.0417. The highest BCUT2D eigenvalue weighted by atomic mass is 15.1. The van der Waals surface area contributed by atoms with E-state index in [1.165, 1.54) is 21.8 Å². The number of fused-ring (bicyclic) bond motifs is 3. The van der Waals surface area contributed by atoms with E-state index in [-0.39, 0.29) is 6.17 Å². The summed E-state index contributed by atoms with van der Waals surface area (Å²) in [5.74, 6) is 0. The van der Waals surface area contributed by atoms with Crippen LogP contribution in [-0.2, 0) is 0 Å². The summed E-state index contributed by atoms with van der Waals surface area (Å²) >= 11 is 0. The maximum Gasteiger partial charge on any atom is 0.145 e.